The lowest BCUT2D eigenvalue weighted by Gasteiger charge is -1.89. The molecule has 1 heterocycles. The predicted molar refractivity (Wildman–Crippen MR) is 64.7 cm³/mol. The molecule has 1 aliphatic heterocycles. The Morgan fingerprint density at radius 1 is 1.12 bits per heavy atom. The molecule has 0 unspecified atom stereocenters. The molecule has 0 spiro atoms. The molecule has 0 aliphatic carbocycles. The standard InChI is InChI=1S/C12H9NO2S/c14-11-10(16-12(15)13-11)8-4-7-9-5-2-1-3-6-9/h1-8H,(H,13,14,15). The molecule has 1 aromatic carbocycles. The van der Waals surface area contributed by atoms with Crippen LogP contribution in [0.2, 0.25) is 0 Å². The third kappa shape index (κ3) is 2.61. The summed E-state index contributed by atoms with van der Waals surface area (Å²) in [5.74, 6) is -0.326. The van der Waals surface area contributed by atoms with Crippen molar-refractivity contribution in [2.75, 3.05) is 0 Å². The SMILES string of the molecule is O=C1NC(=O)C(=CC=Cc2ccccc2)S1. The van der Waals surface area contributed by atoms with Crippen LogP contribution in [0.25, 0.3) is 6.08 Å². The van der Waals surface area contributed by atoms with Crippen LogP contribution in [0.5, 0.6) is 0 Å². The largest absolute Gasteiger partial charge is 0.290 e. The van der Waals surface area contributed by atoms with Gasteiger partial charge in [-0.15, -0.1) is 0 Å². The van der Waals surface area contributed by atoms with Gasteiger partial charge in [0, 0.05) is 0 Å². The van der Waals surface area contributed by atoms with Crippen molar-refractivity contribution in [3.8, 4) is 0 Å². The van der Waals surface area contributed by atoms with E-state index in [1.54, 1.807) is 12.2 Å². The van der Waals surface area contributed by atoms with Crippen molar-refractivity contribution in [2.45, 2.75) is 0 Å². The Labute approximate surface area is 97.2 Å². The molecule has 0 saturated carbocycles. The van der Waals surface area contributed by atoms with Crippen LogP contribution in [0.3, 0.4) is 0 Å². The van der Waals surface area contributed by atoms with Gasteiger partial charge >= 0.3 is 0 Å². The fourth-order valence-corrected chi connectivity index (χ4v) is 1.88. The summed E-state index contributed by atoms with van der Waals surface area (Å²) >= 11 is 0.919. The number of amides is 2. The number of rotatable bonds is 2. The molecule has 0 radical (unpaired) electrons. The summed E-state index contributed by atoms with van der Waals surface area (Å²) in [4.78, 5) is 22.5. The maximum Gasteiger partial charge on any atom is 0.290 e. The minimum absolute atomic E-state index is 0.315. The molecular weight excluding hydrogens is 222 g/mol. The monoisotopic (exact) mass is 231 g/mol. The molecule has 16 heavy (non-hydrogen) atoms. The number of thioether (sulfide) groups is 1. The van der Waals surface area contributed by atoms with Gasteiger partial charge in [0.1, 0.15) is 0 Å². The first kappa shape index (κ1) is 10.7. The van der Waals surface area contributed by atoms with Gasteiger partial charge in [-0.25, -0.2) is 0 Å². The zero-order chi connectivity index (χ0) is 11.4. The summed E-state index contributed by atoms with van der Waals surface area (Å²) in [7, 11) is 0. The van der Waals surface area contributed by atoms with Crippen LogP contribution >= 0.6 is 11.8 Å². The lowest BCUT2D eigenvalue weighted by atomic mass is 10.2. The molecule has 2 amide bonds. The fourth-order valence-electron chi connectivity index (χ4n) is 1.25. The molecule has 4 heteroatoms. The highest BCUT2D eigenvalue weighted by atomic mass is 32.2. The highest BCUT2D eigenvalue weighted by molar-refractivity contribution is 8.18. The van der Waals surface area contributed by atoms with E-state index in [1.807, 2.05) is 36.4 Å². The van der Waals surface area contributed by atoms with Crippen molar-refractivity contribution < 1.29 is 9.59 Å². The molecule has 0 atom stereocenters. The summed E-state index contributed by atoms with van der Waals surface area (Å²) < 4.78 is 0. The molecule has 1 N–H and O–H groups in total. The summed E-state index contributed by atoms with van der Waals surface area (Å²) in [6, 6.07) is 9.74. The molecule has 1 fully saturated rings. The highest BCUT2D eigenvalue weighted by Crippen LogP contribution is 2.22. The molecular formula is C12H9NO2S. The fraction of sp³-hybridized carbons (Fsp3) is 0. The molecule has 1 aliphatic rings. The minimum atomic E-state index is -0.326. The van der Waals surface area contributed by atoms with Crippen LogP contribution in [0.15, 0.2) is 47.4 Å². The number of carbonyl (C=O) groups excluding carboxylic acids is 2. The van der Waals surface area contributed by atoms with Gasteiger partial charge in [0.15, 0.2) is 0 Å². The van der Waals surface area contributed by atoms with E-state index in [0.29, 0.717) is 4.91 Å². The molecule has 0 aromatic heterocycles. The van der Waals surface area contributed by atoms with Gasteiger partial charge in [-0.3, -0.25) is 14.9 Å². The van der Waals surface area contributed by atoms with Gasteiger partial charge in [0.2, 0.25) is 0 Å². The van der Waals surface area contributed by atoms with E-state index in [1.165, 1.54) is 0 Å². The predicted octanol–water partition coefficient (Wildman–Crippen LogP) is 2.57. The molecule has 0 bridgehead atoms. The normalized spacial score (nSPS) is 18.4. The van der Waals surface area contributed by atoms with Crippen molar-refractivity contribution >= 4 is 29.0 Å². The zero-order valence-corrected chi connectivity index (χ0v) is 9.16. The van der Waals surface area contributed by atoms with E-state index >= 15 is 0 Å². The van der Waals surface area contributed by atoms with E-state index in [-0.39, 0.29) is 11.1 Å². The Morgan fingerprint density at radius 2 is 1.88 bits per heavy atom. The highest BCUT2D eigenvalue weighted by Gasteiger charge is 2.24. The molecule has 80 valence electrons. The van der Waals surface area contributed by atoms with Gasteiger partial charge in [-0.05, 0) is 23.4 Å². The number of nitrogens with one attached hydrogen (secondary N) is 1. The van der Waals surface area contributed by atoms with E-state index in [2.05, 4.69) is 5.32 Å². The van der Waals surface area contributed by atoms with Crippen molar-refractivity contribution in [2.24, 2.45) is 0 Å². The van der Waals surface area contributed by atoms with Crippen LogP contribution in [0, 0.1) is 0 Å². The third-order valence-corrected chi connectivity index (χ3v) is 2.81. The van der Waals surface area contributed by atoms with Gasteiger partial charge in [0.25, 0.3) is 11.1 Å². The topological polar surface area (TPSA) is 46.2 Å². The van der Waals surface area contributed by atoms with Gasteiger partial charge in [-0.1, -0.05) is 42.5 Å². The van der Waals surface area contributed by atoms with Crippen molar-refractivity contribution in [3.05, 3.63) is 53.0 Å². The second kappa shape index (κ2) is 4.81. The Morgan fingerprint density at radius 3 is 2.50 bits per heavy atom. The maximum absolute atomic E-state index is 11.2. The Hall–Kier alpha value is -1.81. The summed E-state index contributed by atoms with van der Waals surface area (Å²) in [5, 5.41) is 1.88. The Bertz CT molecular complexity index is 477. The molecule has 1 aromatic rings. The number of hydrogen-bond acceptors (Lipinski definition) is 3. The summed E-state index contributed by atoms with van der Waals surface area (Å²) in [5.41, 5.74) is 1.05. The molecule has 1 saturated heterocycles. The third-order valence-electron chi connectivity index (χ3n) is 1.98. The van der Waals surface area contributed by atoms with Crippen LogP contribution < -0.4 is 5.32 Å². The minimum Gasteiger partial charge on any atom is -0.282 e. The second-order valence-electron chi connectivity index (χ2n) is 3.14. The van der Waals surface area contributed by atoms with Crippen LogP contribution in [0.1, 0.15) is 5.56 Å². The van der Waals surface area contributed by atoms with E-state index in [0.717, 1.165) is 17.3 Å². The second-order valence-corrected chi connectivity index (χ2v) is 4.16. The first-order valence-corrected chi connectivity index (χ1v) is 5.54. The average Bonchev–Trinajstić information content (AvgIpc) is 2.59. The molecule has 3 nitrogen and oxygen atoms in total. The maximum atomic E-state index is 11.2. The number of allylic oxidation sites excluding steroid dienone is 2. The van der Waals surface area contributed by atoms with Crippen molar-refractivity contribution in [1.29, 1.82) is 0 Å². The van der Waals surface area contributed by atoms with Crippen LogP contribution in [-0.2, 0) is 4.79 Å². The van der Waals surface area contributed by atoms with Gasteiger partial charge in [-0.2, -0.15) is 0 Å². The smallest absolute Gasteiger partial charge is 0.282 e. The van der Waals surface area contributed by atoms with Crippen molar-refractivity contribution in [3.63, 3.8) is 0 Å². The lowest BCUT2D eigenvalue weighted by Crippen LogP contribution is -2.17. The van der Waals surface area contributed by atoms with Crippen molar-refractivity contribution in [1.82, 2.24) is 5.32 Å². The first-order chi connectivity index (χ1) is 7.75. The van der Waals surface area contributed by atoms with Gasteiger partial charge < -0.3 is 0 Å². The number of carbonyl (C=O) groups is 2. The van der Waals surface area contributed by atoms with Crippen LogP contribution in [0.4, 0.5) is 4.79 Å². The zero-order valence-electron chi connectivity index (χ0n) is 8.34. The summed E-state index contributed by atoms with van der Waals surface area (Å²) in [6.07, 6.45) is 5.28. The Kier molecular flexibility index (Phi) is 3.22. The average molecular weight is 231 g/mol. The first-order valence-electron chi connectivity index (χ1n) is 4.72. The lowest BCUT2D eigenvalue weighted by molar-refractivity contribution is -0.115. The number of hydrogen-bond donors (Lipinski definition) is 1. The Balaban J connectivity index is 2.07. The van der Waals surface area contributed by atoms with Crippen LogP contribution in [-0.4, -0.2) is 11.1 Å². The van der Waals surface area contributed by atoms with E-state index in [4.69, 9.17) is 0 Å². The summed E-state index contributed by atoms with van der Waals surface area (Å²) in [6.45, 7) is 0. The number of imide groups is 1. The van der Waals surface area contributed by atoms with Gasteiger partial charge in [0.05, 0.1) is 4.91 Å². The number of benzene rings is 1. The van der Waals surface area contributed by atoms with E-state index in [9.17, 15) is 9.59 Å². The van der Waals surface area contributed by atoms with E-state index < -0.39 is 0 Å². The molecule has 2 rings (SSSR count). The quantitative estimate of drug-likeness (QED) is 0.796.